The average Bonchev–Trinajstić information content (AvgIpc) is 3.24. The van der Waals surface area contributed by atoms with E-state index in [1.165, 1.54) is 0 Å². The van der Waals surface area contributed by atoms with Gasteiger partial charge in [0.25, 0.3) is 5.91 Å². The maximum absolute atomic E-state index is 13.4. The summed E-state index contributed by atoms with van der Waals surface area (Å²) in [6.45, 7) is 4.95. The standard InChI is InChI=1S/C25H26N2O3/c1-17-6-3-7-19(12-17)15-27(16-22-10-5-11-30-22)25(29)20-8-4-9-21(14-20)26-24(28)23-13-18(23)2/h3-12,14,18,23H,13,15-16H2,1-2H3,(H,26,28)/t18-,23-/m1/s1. The van der Waals surface area contributed by atoms with Crippen LogP contribution in [0, 0.1) is 18.8 Å². The van der Waals surface area contributed by atoms with Crippen molar-refractivity contribution in [2.75, 3.05) is 5.32 Å². The number of hydrogen-bond donors (Lipinski definition) is 1. The highest BCUT2D eigenvalue weighted by Crippen LogP contribution is 2.38. The van der Waals surface area contributed by atoms with Crippen molar-refractivity contribution in [3.63, 3.8) is 0 Å². The Morgan fingerprint density at radius 1 is 1.07 bits per heavy atom. The van der Waals surface area contributed by atoms with Crippen LogP contribution in [0.25, 0.3) is 0 Å². The predicted octanol–water partition coefficient (Wildman–Crippen LogP) is 5.03. The van der Waals surface area contributed by atoms with Crippen LogP contribution >= 0.6 is 0 Å². The van der Waals surface area contributed by atoms with Gasteiger partial charge < -0.3 is 14.6 Å². The van der Waals surface area contributed by atoms with E-state index in [1.54, 1.807) is 29.4 Å². The van der Waals surface area contributed by atoms with Crippen LogP contribution in [0.15, 0.2) is 71.3 Å². The van der Waals surface area contributed by atoms with Crippen LogP contribution in [-0.2, 0) is 17.9 Å². The first-order valence-corrected chi connectivity index (χ1v) is 10.3. The summed E-state index contributed by atoms with van der Waals surface area (Å²) in [7, 11) is 0. The quantitative estimate of drug-likeness (QED) is 0.603. The summed E-state index contributed by atoms with van der Waals surface area (Å²) in [5.41, 5.74) is 3.40. The number of aryl methyl sites for hydroxylation is 1. The fourth-order valence-electron chi connectivity index (χ4n) is 3.66. The molecule has 1 aliphatic carbocycles. The molecule has 5 heteroatoms. The van der Waals surface area contributed by atoms with Crippen LogP contribution < -0.4 is 5.32 Å². The van der Waals surface area contributed by atoms with Crippen molar-refractivity contribution in [3.8, 4) is 0 Å². The minimum Gasteiger partial charge on any atom is -0.467 e. The molecule has 3 aromatic rings. The molecule has 1 aromatic heterocycles. The molecule has 154 valence electrons. The Labute approximate surface area is 176 Å². The van der Waals surface area contributed by atoms with Crippen molar-refractivity contribution >= 4 is 17.5 Å². The van der Waals surface area contributed by atoms with Gasteiger partial charge in [0.05, 0.1) is 12.8 Å². The molecule has 1 heterocycles. The molecular formula is C25H26N2O3. The third kappa shape index (κ3) is 4.79. The Morgan fingerprint density at radius 3 is 2.57 bits per heavy atom. The molecular weight excluding hydrogens is 376 g/mol. The number of rotatable bonds is 7. The average molecular weight is 402 g/mol. The van der Waals surface area contributed by atoms with E-state index in [0.29, 0.717) is 30.3 Å². The second-order valence-corrected chi connectivity index (χ2v) is 8.12. The highest BCUT2D eigenvalue weighted by molar-refractivity contribution is 5.98. The molecule has 1 aliphatic rings. The molecule has 1 fully saturated rings. The zero-order valence-electron chi connectivity index (χ0n) is 17.3. The van der Waals surface area contributed by atoms with Gasteiger partial charge in [0.2, 0.25) is 5.91 Å². The van der Waals surface area contributed by atoms with Crippen LogP contribution in [0.3, 0.4) is 0 Å². The zero-order valence-corrected chi connectivity index (χ0v) is 17.3. The van der Waals surface area contributed by atoms with Gasteiger partial charge in [-0.1, -0.05) is 42.8 Å². The topological polar surface area (TPSA) is 62.6 Å². The van der Waals surface area contributed by atoms with Crippen molar-refractivity contribution in [3.05, 3.63) is 89.4 Å². The lowest BCUT2D eigenvalue weighted by Crippen LogP contribution is -2.30. The minimum absolute atomic E-state index is 0.0271. The van der Waals surface area contributed by atoms with Gasteiger partial charge in [0, 0.05) is 23.7 Å². The molecule has 2 atom stereocenters. The van der Waals surface area contributed by atoms with Gasteiger partial charge in [-0.15, -0.1) is 0 Å². The van der Waals surface area contributed by atoms with E-state index in [1.807, 2.05) is 43.3 Å². The first kappa shape index (κ1) is 20.0. The monoisotopic (exact) mass is 402 g/mol. The highest BCUT2D eigenvalue weighted by atomic mass is 16.3. The van der Waals surface area contributed by atoms with E-state index in [0.717, 1.165) is 23.3 Å². The fourth-order valence-corrected chi connectivity index (χ4v) is 3.66. The summed E-state index contributed by atoms with van der Waals surface area (Å²) in [5, 5.41) is 2.94. The van der Waals surface area contributed by atoms with E-state index in [9.17, 15) is 9.59 Å². The second kappa shape index (κ2) is 8.57. The number of furan rings is 1. The summed E-state index contributed by atoms with van der Waals surface area (Å²) >= 11 is 0. The first-order valence-electron chi connectivity index (χ1n) is 10.3. The normalized spacial score (nSPS) is 17.4. The SMILES string of the molecule is Cc1cccc(CN(Cc2ccco2)C(=O)c2cccc(NC(=O)[C@@H]3C[C@H]3C)c2)c1. The van der Waals surface area contributed by atoms with Gasteiger partial charge in [0.15, 0.2) is 0 Å². The third-order valence-corrected chi connectivity index (χ3v) is 5.49. The Balaban J connectivity index is 1.54. The number of benzene rings is 2. The van der Waals surface area contributed by atoms with Crippen molar-refractivity contribution in [1.82, 2.24) is 4.90 Å². The van der Waals surface area contributed by atoms with Crippen LogP contribution in [0.5, 0.6) is 0 Å². The number of hydrogen-bond acceptors (Lipinski definition) is 3. The van der Waals surface area contributed by atoms with Gasteiger partial charge in [-0.2, -0.15) is 0 Å². The first-order chi connectivity index (χ1) is 14.5. The number of nitrogens with zero attached hydrogens (tertiary/aromatic N) is 1. The fraction of sp³-hybridized carbons (Fsp3) is 0.280. The molecule has 0 unspecified atom stereocenters. The summed E-state index contributed by atoms with van der Waals surface area (Å²) in [4.78, 5) is 27.4. The summed E-state index contributed by atoms with van der Waals surface area (Å²) in [6.07, 6.45) is 2.54. The number of carbonyl (C=O) groups is 2. The Morgan fingerprint density at radius 2 is 1.87 bits per heavy atom. The third-order valence-electron chi connectivity index (χ3n) is 5.49. The molecule has 2 amide bonds. The van der Waals surface area contributed by atoms with Gasteiger partial charge in [-0.05, 0) is 55.2 Å². The second-order valence-electron chi connectivity index (χ2n) is 8.12. The molecule has 1 N–H and O–H groups in total. The largest absolute Gasteiger partial charge is 0.467 e. The smallest absolute Gasteiger partial charge is 0.254 e. The van der Waals surface area contributed by atoms with E-state index in [4.69, 9.17) is 4.42 Å². The van der Waals surface area contributed by atoms with Crippen LogP contribution in [0.4, 0.5) is 5.69 Å². The molecule has 30 heavy (non-hydrogen) atoms. The van der Waals surface area contributed by atoms with Gasteiger partial charge in [-0.3, -0.25) is 9.59 Å². The molecule has 0 radical (unpaired) electrons. The Kier molecular flexibility index (Phi) is 5.70. The number of carbonyl (C=O) groups excluding carboxylic acids is 2. The molecule has 0 bridgehead atoms. The van der Waals surface area contributed by atoms with E-state index >= 15 is 0 Å². The number of anilines is 1. The summed E-state index contributed by atoms with van der Waals surface area (Å²) in [6, 6.07) is 19.0. The van der Waals surface area contributed by atoms with Crippen molar-refractivity contribution < 1.29 is 14.0 Å². The van der Waals surface area contributed by atoms with Crippen molar-refractivity contribution in [2.45, 2.75) is 33.4 Å². The van der Waals surface area contributed by atoms with E-state index in [-0.39, 0.29) is 17.7 Å². The zero-order chi connectivity index (χ0) is 21.1. The molecule has 5 nitrogen and oxygen atoms in total. The van der Waals surface area contributed by atoms with E-state index in [2.05, 4.69) is 18.3 Å². The van der Waals surface area contributed by atoms with Crippen LogP contribution in [0.1, 0.15) is 40.6 Å². The molecule has 4 rings (SSSR count). The lowest BCUT2D eigenvalue weighted by molar-refractivity contribution is -0.117. The summed E-state index contributed by atoms with van der Waals surface area (Å²) in [5.74, 6) is 1.17. The van der Waals surface area contributed by atoms with Gasteiger partial charge in [0.1, 0.15) is 5.76 Å². The van der Waals surface area contributed by atoms with Crippen LogP contribution in [-0.4, -0.2) is 16.7 Å². The number of amides is 2. The maximum Gasteiger partial charge on any atom is 0.254 e. The Hall–Kier alpha value is -3.34. The van der Waals surface area contributed by atoms with Gasteiger partial charge >= 0.3 is 0 Å². The molecule has 2 aromatic carbocycles. The highest BCUT2D eigenvalue weighted by Gasteiger charge is 2.39. The molecule has 0 spiro atoms. The Bertz CT molecular complexity index is 1040. The van der Waals surface area contributed by atoms with Crippen LogP contribution in [0.2, 0.25) is 0 Å². The summed E-state index contributed by atoms with van der Waals surface area (Å²) < 4.78 is 5.48. The van der Waals surface area contributed by atoms with Crippen molar-refractivity contribution in [2.24, 2.45) is 11.8 Å². The lowest BCUT2D eigenvalue weighted by Gasteiger charge is -2.22. The molecule has 1 saturated carbocycles. The number of nitrogens with one attached hydrogen (secondary N) is 1. The molecule has 0 aliphatic heterocycles. The minimum atomic E-state index is -0.108. The van der Waals surface area contributed by atoms with E-state index < -0.39 is 0 Å². The molecule has 0 saturated heterocycles. The predicted molar refractivity (Wildman–Crippen MR) is 116 cm³/mol. The lowest BCUT2D eigenvalue weighted by atomic mass is 10.1. The van der Waals surface area contributed by atoms with Crippen molar-refractivity contribution in [1.29, 1.82) is 0 Å². The van der Waals surface area contributed by atoms with Gasteiger partial charge in [-0.25, -0.2) is 0 Å². The maximum atomic E-state index is 13.4.